The van der Waals surface area contributed by atoms with Crippen LogP contribution in [0.5, 0.6) is 0 Å². The van der Waals surface area contributed by atoms with Gasteiger partial charge in [-0.2, -0.15) is 0 Å². The van der Waals surface area contributed by atoms with Gasteiger partial charge in [0.05, 0.1) is 0 Å². The molecule has 0 amide bonds. The highest BCUT2D eigenvalue weighted by atomic mass is 16.1. The predicted molar refractivity (Wildman–Crippen MR) is 70.5 cm³/mol. The molecule has 2 heteroatoms. The molecule has 0 N–H and O–H groups in total. The van der Waals surface area contributed by atoms with E-state index in [0.717, 1.165) is 30.4 Å². The molecule has 5 atom stereocenters. The van der Waals surface area contributed by atoms with Crippen molar-refractivity contribution < 1.29 is 4.79 Å². The van der Waals surface area contributed by atoms with Gasteiger partial charge >= 0.3 is 0 Å². The Labute approximate surface area is 108 Å². The molecule has 1 aromatic rings. The van der Waals surface area contributed by atoms with E-state index in [1.807, 2.05) is 30.3 Å². The van der Waals surface area contributed by atoms with Crippen molar-refractivity contribution in [2.45, 2.75) is 37.3 Å². The van der Waals surface area contributed by atoms with Crippen molar-refractivity contribution in [3.8, 4) is 0 Å². The first-order chi connectivity index (χ1) is 8.73. The molecule has 18 heavy (non-hydrogen) atoms. The number of carbonyl (C=O) groups excluding carboxylic acids is 1. The molecule has 5 unspecified atom stereocenters. The van der Waals surface area contributed by atoms with Crippen molar-refractivity contribution in [1.82, 2.24) is 4.90 Å². The number of likely N-dealkylation sites (N-methyl/N-ethyl adjacent to an activating group) is 1. The van der Waals surface area contributed by atoms with E-state index in [2.05, 4.69) is 11.9 Å². The first-order valence-corrected chi connectivity index (χ1v) is 7.05. The summed E-state index contributed by atoms with van der Waals surface area (Å²) < 4.78 is 0. The second kappa shape index (κ2) is 3.45. The van der Waals surface area contributed by atoms with Gasteiger partial charge in [-0.25, -0.2) is 0 Å². The zero-order chi connectivity index (χ0) is 12.3. The van der Waals surface area contributed by atoms with Crippen LogP contribution in [0.2, 0.25) is 0 Å². The van der Waals surface area contributed by atoms with Crippen LogP contribution in [0.15, 0.2) is 30.3 Å². The van der Waals surface area contributed by atoms with Crippen LogP contribution >= 0.6 is 0 Å². The predicted octanol–water partition coefficient (Wildman–Crippen LogP) is 2.74. The van der Waals surface area contributed by atoms with Crippen LogP contribution in [0.1, 0.15) is 36.0 Å². The molecule has 1 spiro atoms. The number of hydrogen-bond acceptors (Lipinski definition) is 2. The molecule has 1 saturated heterocycles. The van der Waals surface area contributed by atoms with Crippen molar-refractivity contribution in [3.05, 3.63) is 35.9 Å². The fourth-order valence-corrected chi connectivity index (χ4v) is 4.81. The van der Waals surface area contributed by atoms with Gasteiger partial charge in [-0.05, 0) is 38.6 Å². The van der Waals surface area contributed by atoms with E-state index in [-0.39, 0.29) is 5.92 Å². The lowest BCUT2D eigenvalue weighted by molar-refractivity contribution is 0.0918. The highest BCUT2D eigenvalue weighted by Gasteiger charge is 2.71. The van der Waals surface area contributed by atoms with Crippen molar-refractivity contribution in [2.75, 3.05) is 7.05 Å². The van der Waals surface area contributed by atoms with Crippen molar-refractivity contribution in [3.63, 3.8) is 0 Å². The Morgan fingerprint density at radius 1 is 1.28 bits per heavy atom. The zero-order valence-corrected chi connectivity index (χ0v) is 10.8. The third kappa shape index (κ3) is 1.19. The highest BCUT2D eigenvalue weighted by molar-refractivity contribution is 5.98. The summed E-state index contributed by atoms with van der Waals surface area (Å²) in [5, 5.41) is 0. The standard InChI is InChI=1S/C16H19NO/c1-17-14-8-7-13-9-12(10-16(13,14)17)15(18)11-5-3-2-4-6-11/h2-6,12-14H,7-10H2,1H3. The number of benzene rings is 1. The molecule has 0 aromatic heterocycles. The zero-order valence-electron chi connectivity index (χ0n) is 10.8. The Morgan fingerprint density at radius 2 is 2.06 bits per heavy atom. The average Bonchev–Trinajstić information content (AvgIpc) is 2.75. The number of piperidine rings is 1. The number of rotatable bonds is 2. The van der Waals surface area contributed by atoms with Gasteiger partial charge < -0.3 is 0 Å². The third-order valence-electron chi connectivity index (χ3n) is 5.70. The summed E-state index contributed by atoms with van der Waals surface area (Å²) in [7, 11) is 2.24. The van der Waals surface area contributed by atoms with Gasteiger partial charge in [0, 0.05) is 23.1 Å². The molecule has 2 saturated carbocycles. The molecule has 4 rings (SSSR count). The smallest absolute Gasteiger partial charge is 0.166 e. The lowest BCUT2D eigenvalue weighted by atomic mass is 9.94. The minimum Gasteiger partial charge on any atom is -0.294 e. The number of Topliss-reactive ketones (excluding diaryl/α,β-unsaturated/α-hetero) is 1. The van der Waals surface area contributed by atoms with Crippen LogP contribution < -0.4 is 0 Å². The first-order valence-electron chi connectivity index (χ1n) is 7.05. The molecule has 2 nitrogen and oxygen atoms in total. The van der Waals surface area contributed by atoms with Crippen LogP contribution in [0, 0.1) is 11.8 Å². The number of carbonyl (C=O) groups is 1. The van der Waals surface area contributed by atoms with E-state index in [1.165, 1.54) is 12.8 Å². The SMILES string of the molecule is CN1C2CCC3CC(C(=O)c4ccccc4)CC321. The Balaban J connectivity index is 1.57. The molecule has 94 valence electrons. The molecule has 1 heterocycles. The molecule has 2 aliphatic carbocycles. The number of hydrogen-bond donors (Lipinski definition) is 0. The van der Waals surface area contributed by atoms with Crippen molar-refractivity contribution >= 4 is 5.78 Å². The number of nitrogens with zero attached hydrogens (tertiary/aromatic N) is 1. The molecular formula is C16H19NO. The third-order valence-corrected chi connectivity index (χ3v) is 5.70. The maximum absolute atomic E-state index is 12.5. The second-order valence-corrected chi connectivity index (χ2v) is 6.26. The second-order valence-electron chi connectivity index (χ2n) is 6.26. The first kappa shape index (κ1) is 10.7. The average molecular weight is 241 g/mol. The lowest BCUT2D eigenvalue weighted by Crippen LogP contribution is -2.20. The van der Waals surface area contributed by atoms with Crippen molar-refractivity contribution in [2.24, 2.45) is 11.8 Å². The lowest BCUT2D eigenvalue weighted by Gasteiger charge is -2.14. The Morgan fingerprint density at radius 3 is 2.72 bits per heavy atom. The monoisotopic (exact) mass is 241 g/mol. The number of likely N-dealkylation sites (tertiary alicyclic amines) is 1. The summed E-state index contributed by atoms with van der Waals surface area (Å²) in [4.78, 5) is 15.1. The topological polar surface area (TPSA) is 20.1 Å². The number of ketones is 1. The van der Waals surface area contributed by atoms with Gasteiger partial charge in [0.15, 0.2) is 5.78 Å². The van der Waals surface area contributed by atoms with E-state index < -0.39 is 0 Å². The molecule has 0 radical (unpaired) electrons. The normalized spacial score (nSPS) is 44.5. The minimum absolute atomic E-state index is 0.269. The van der Waals surface area contributed by atoms with E-state index in [1.54, 1.807) is 0 Å². The van der Waals surface area contributed by atoms with Crippen LogP contribution in [-0.4, -0.2) is 29.3 Å². The van der Waals surface area contributed by atoms with Crippen LogP contribution in [0.3, 0.4) is 0 Å². The molecule has 3 fully saturated rings. The fourth-order valence-electron chi connectivity index (χ4n) is 4.81. The maximum atomic E-state index is 12.5. The summed E-state index contributed by atoms with van der Waals surface area (Å²) in [6.45, 7) is 0. The van der Waals surface area contributed by atoms with Gasteiger partial charge in [-0.15, -0.1) is 0 Å². The van der Waals surface area contributed by atoms with Crippen LogP contribution in [0.25, 0.3) is 0 Å². The molecule has 3 aliphatic rings. The van der Waals surface area contributed by atoms with Crippen molar-refractivity contribution in [1.29, 1.82) is 0 Å². The Hall–Kier alpha value is -1.15. The van der Waals surface area contributed by atoms with Gasteiger partial charge in [0.2, 0.25) is 0 Å². The summed E-state index contributed by atoms with van der Waals surface area (Å²) in [6.07, 6.45) is 4.92. The molecule has 1 aromatic carbocycles. The van der Waals surface area contributed by atoms with Crippen LogP contribution in [0.4, 0.5) is 0 Å². The molecular weight excluding hydrogens is 222 g/mol. The van der Waals surface area contributed by atoms with Crippen LogP contribution in [-0.2, 0) is 0 Å². The van der Waals surface area contributed by atoms with E-state index in [4.69, 9.17) is 0 Å². The Bertz CT molecular complexity index is 497. The summed E-state index contributed by atoms with van der Waals surface area (Å²) in [5.41, 5.74) is 1.33. The summed E-state index contributed by atoms with van der Waals surface area (Å²) >= 11 is 0. The molecule has 0 bridgehead atoms. The van der Waals surface area contributed by atoms with Gasteiger partial charge in [-0.1, -0.05) is 30.3 Å². The maximum Gasteiger partial charge on any atom is 0.166 e. The van der Waals surface area contributed by atoms with E-state index >= 15 is 0 Å². The van der Waals surface area contributed by atoms with Gasteiger partial charge in [0.25, 0.3) is 0 Å². The quantitative estimate of drug-likeness (QED) is 0.586. The molecule has 1 aliphatic heterocycles. The minimum atomic E-state index is 0.269. The van der Waals surface area contributed by atoms with Gasteiger partial charge in [0.1, 0.15) is 0 Å². The Kier molecular flexibility index (Phi) is 2.06. The summed E-state index contributed by atoms with van der Waals surface area (Å²) in [5.74, 6) is 1.42. The van der Waals surface area contributed by atoms with Gasteiger partial charge in [-0.3, -0.25) is 9.69 Å². The largest absolute Gasteiger partial charge is 0.294 e. The fraction of sp³-hybridized carbons (Fsp3) is 0.562. The van der Waals surface area contributed by atoms with E-state index in [0.29, 0.717) is 11.3 Å². The summed E-state index contributed by atoms with van der Waals surface area (Å²) in [6, 6.07) is 10.6. The van der Waals surface area contributed by atoms with E-state index in [9.17, 15) is 4.79 Å². The highest BCUT2D eigenvalue weighted by Crippen LogP contribution is 2.64.